The first kappa shape index (κ1) is 58.6. The molecule has 4 aromatic rings. The lowest BCUT2D eigenvalue weighted by Crippen LogP contribution is -2.55. The van der Waals surface area contributed by atoms with Gasteiger partial charge >= 0.3 is 17.1 Å². The molecule has 4 rings (SSSR count). The normalized spacial score (nSPS) is 14.3. The van der Waals surface area contributed by atoms with Crippen LogP contribution in [0, 0.1) is 0 Å². The summed E-state index contributed by atoms with van der Waals surface area (Å²) >= 11 is 0. The maximum absolute atomic E-state index is 14.3. The zero-order chi connectivity index (χ0) is 49.5. The van der Waals surface area contributed by atoms with Crippen molar-refractivity contribution in [3.63, 3.8) is 0 Å². The average molecular weight is 1020 g/mol. The fourth-order valence-electron chi connectivity index (χ4n) is 6.80. The molecule has 0 radical (unpaired) electrons. The van der Waals surface area contributed by atoms with Gasteiger partial charge in [0.05, 0.1) is 83.7 Å². The second-order valence-corrected chi connectivity index (χ2v) is 22.0. The summed E-state index contributed by atoms with van der Waals surface area (Å²) in [4.78, 5) is 42.8. The number of benzene rings is 3. The second-order valence-electron chi connectivity index (χ2n) is 16.1. The molecule has 0 bridgehead atoms. The molecule has 0 saturated carbocycles. The molecule has 69 heavy (non-hydrogen) atoms. The molecule has 384 valence electrons. The van der Waals surface area contributed by atoms with Crippen LogP contribution >= 0.6 is 24.4 Å². The van der Waals surface area contributed by atoms with Crippen molar-refractivity contribution < 1.29 is 42.0 Å². The topological polar surface area (TPSA) is 149 Å². The molecule has 3 aromatic carbocycles. The Labute approximate surface area is 413 Å². The lowest BCUT2D eigenvalue weighted by atomic mass is 10.4. The first-order valence-corrected chi connectivity index (χ1v) is 29.0. The highest BCUT2D eigenvalue weighted by Gasteiger charge is 2.21. The van der Waals surface area contributed by atoms with Gasteiger partial charge in [0, 0.05) is 54.2 Å². The maximum atomic E-state index is 14.3. The van der Waals surface area contributed by atoms with Crippen molar-refractivity contribution in [3.8, 4) is 0 Å². The maximum Gasteiger partial charge on any atom is 0.336 e. The van der Waals surface area contributed by atoms with E-state index in [9.17, 15) is 14.4 Å². The van der Waals surface area contributed by atoms with Crippen molar-refractivity contribution >= 4 is 40.4 Å². The van der Waals surface area contributed by atoms with Crippen molar-refractivity contribution in [1.29, 1.82) is 0 Å². The predicted molar refractivity (Wildman–Crippen MR) is 279 cm³/mol. The highest BCUT2D eigenvalue weighted by molar-refractivity contribution is 7.61. The van der Waals surface area contributed by atoms with Crippen LogP contribution in [0.3, 0.4) is 0 Å². The number of nitrogens with zero attached hydrogens (tertiary/aromatic N) is 3. The van der Waals surface area contributed by atoms with Crippen LogP contribution in [0.2, 0.25) is 0 Å². The molecule has 0 saturated heterocycles. The summed E-state index contributed by atoms with van der Waals surface area (Å²) in [6.45, 7) is 15.0. The van der Waals surface area contributed by atoms with Gasteiger partial charge in [-0.2, -0.15) is 0 Å². The first-order valence-electron chi connectivity index (χ1n) is 24.7. The Morgan fingerprint density at radius 2 is 0.623 bits per heavy atom. The zero-order valence-corrected chi connectivity index (χ0v) is 44.5. The minimum atomic E-state index is -1.19. The number of ether oxygens (including phenoxy) is 6. The molecule has 0 fully saturated rings. The van der Waals surface area contributed by atoms with E-state index in [1.165, 1.54) is 0 Å². The molecule has 0 aliphatic rings. The van der Waals surface area contributed by atoms with E-state index in [0.717, 1.165) is 68.1 Å². The van der Waals surface area contributed by atoms with Crippen LogP contribution in [0.5, 0.6) is 0 Å². The van der Waals surface area contributed by atoms with Crippen LogP contribution in [-0.4, -0.2) is 111 Å². The van der Waals surface area contributed by atoms with E-state index >= 15 is 0 Å². The Morgan fingerprint density at radius 1 is 0.377 bits per heavy atom. The highest BCUT2D eigenvalue weighted by atomic mass is 31.1. The van der Waals surface area contributed by atoms with Crippen LogP contribution in [0.4, 0.5) is 0 Å². The van der Waals surface area contributed by atoms with Crippen molar-refractivity contribution in [2.75, 3.05) is 77.9 Å². The third kappa shape index (κ3) is 22.1. The minimum absolute atomic E-state index is 0.0449. The van der Waals surface area contributed by atoms with E-state index in [-0.39, 0.29) is 58.3 Å². The predicted octanol–water partition coefficient (Wildman–Crippen LogP) is 7.93. The van der Waals surface area contributed by atoms with Gasteiger partial charge in [-0.3, -0.25) is 0 Å². The standard InChI is InChI=1S/C51H78N3O12P3/c1-7-10-31-58-43(4)61-37-40-67(46-22-16-13-17-23-46)64-34-28-52-49(55)53(29-35-65-68(47-24-18-14-19-25-47)41-38-62-44(5)59-32-11-8-2)51(57)54(50(52)56)30-36-66-69(48-26-20-15-21-27-48)42-39-63-45(6)60-33-12-9-3/h13-27,43-45H,7-12,28-42H2,1-6H3. The van der Waals surface area contributed by atoms with E-state index in [1.54, 1.807) is 0 Å². The zero-order valence-electron chi connectivity index (χ0n) is 41.8. The Bertz CT molecular complexity index is 1850. The fraction of sp³-hybridized carbons (Fsp3) is 0.588. The van der Waals surface area contributed by atoms with Crippen LogP contribution in [-0.2, 0) is 61.6 Å². The van der Waals surface area contributed by atoms with Gasteiger partial charge in [-0.15, -0.1) is 0 Å². The quantitative estimate of drug-likeness (QED) is 0.0243. The van der Waals surface area contributed by atoms with Gasteiger partial charge in [-0.05, 0) is 40.0 Å². The lowest BCUT2D eigenvalue weighted by molar-refractivity contribution is -0.127. The number of hydrogen-bond donors (Lipinski definition) is 0. The largest absolute Gasteiger partial charge is 0.353 e. The van der Waals surface area contributed by atoms with E-state index in [0.29, 0.717) is 58.1 Å². The summed E-state index contributed by atoms with van der Waals surface area (Å²) in [5, 5.41) is 2.99. The summed E-state index contributed by atoms with van der Waals surface area (Å²) in [5.74, 6) is 0. The van der Waals surface area contributed by atoms with Crippen LogP contribution in [0.25, 0.3) is 0 Å². The Hall–Kier alpha value is -3.00. The van der Waals surface area contributed by atoms with Crippen molar-refractivity contribution in [2.24, 2.45) is 0 Å². The Kier molecular flexibility index (Phi) is 29.9. The van der Waals surface area contributed by atoms with E-state index in [2.05, 4.69) is 20.8 Å². The summed E-state index contributed by atoms with van der Waals surface area (Å²) in [5.41, 5.74) is -2.20. The second kappa shape index (κ2) is 35.2. The van der Waals surface area contributed by atoms with Crippen LogP contribution in [0.15, 0.2) is 105 Å². The number of rotatable bonds is 39. The summed E-state index contributed by atoms with van der Waals surface area (Å²) in [6, 6.07) is 29.6. The van der Waals surface area contributed by atoms with Gasteiger partial charge < -0.3 is 42.0 Å². The van der Waals surface area contributed by atoms with Gasteiger partial charge in [-0.25, -0.2) is 28.1 Å². The fourth-order valence-corrected chi connectivity index (χ4v) is 11.6. The SMILES string of the molecule is CCCCOC(C)OCCP(OCCn1c(=O)n(CCOP(CCOC(C)OCCCC)c2ccccc2)c(=O)n(CCOP(CCOC(C)OCCCC)c2ccccc2)c1=O)c1ccccc1. The summed E-state index contributed by atoms with van der Waals surface area (Å²) in [7, 11) is -3.57. The monoisotopic (exact) mass is 1020 g/mol. The third-order valence-electron chi connectivity index (χ3n) is 10.7. The summed E-state index contributed by atoms with van der Waals surface area (Å²) < 4.78 is 58.0. The first-order chi connectivity index (χ1) is 33.7. The molecule has 1 heterocycles. The van der Waals surface area contributed by atoms with Crippen molar-refractivity contribution in [1.82, 2.24) is 13.7 Å². The number of aromatic nitrogens is 3. The molecule has 18 heteroatoms. The molecular formula is C51H78N3O12P3. The van der Waals surface area contributed by atoms with E-state index < -0.39 is 41.5 Å². The molecule has 0 aliphatic heterocycles. The molecule has 6 unspecified atom stereocenters. The van der Waals surface area contributed by atoms with Crippen molar-refractivity contribution in [2.45, 2.75) is 119 Å². The van der Waals surface area contributed by atoms with E-state index in [4.69, 9.17) is 42.0 Å². The smallest absolute Gasteiger partial charge is 0.336 e. The summed E-state index contributed by atoms with van der Waals surface area (Å²) in [6.07, 6.45) is 6.64. The van der Waals surface area contributed by atoms with Gasteiger partial charge in [0.1, 0.15) is 0 Å². The van der Waals surface area contributed by atoms with Gasteiger partial charge in [0.15, 0.2) is 18.9 Å². The molecule has 15 nitrogen and oxygen atoms in total. The number of hydrogen-bond acceptors (Lipinski definition) is 12. The molecular weight excluding hydrogens is 939 g/mol. The van der Waals surface area contributed by atoms with Gasteiger partial charge in [0.25, 0.3) is 0 Å². The molecule has 0 spiro atoms. The highest BCUT2D eigenvalue weighted by Crippen LogP contribution is 2.37. The average Bonchev–Trinajstić information content (AvgIpc) is 3.36. The molecule has 0 aliphatic carbocycles. The molecule has 1 aromatic heterocycles. The third-order valence-corrected chi connectivity index (χ3v) is 16.6. The Morgan fingerprint density at radius 3 is 0.870 bits per heavy atom. The van der Waals surface area contributed by atoms with E-state index in [1.807, 2.05) is 112 Å². The van der Waals surface area contributed by atoms with Gasteiger partial charge in [0.2, 0.25) is 0 Å². The van der Waals surface area contributed by atoms with Gasteiger partial charge in [-0.1, -0.05) is 131 Å². The lowest BCUT2D eigenvalue weighted by Gasteiger charge is -2.22. The molecule has 0 amide bonds. The minimum Gasteiger partial charge on any atom is -0.353 e. The van der Waals surface area contributed by atoms with Crippen LogP contribution in [0.1, 0.15) is 80.1 Å². The van der Waals surface area contributed by atoms with Crippen LogP contribution < -0.4 is 33.0 Å². The Balaban J connectivity index is 1.55. The van der Waals surface area contributed by atoms with Crippen molar-refractivity contribution in [3.05, 3.63) is 122 Å². The molecule has 6 atom stereocenters. The number of unbranched alkanes of at least 4 members (excludes halogenated alkanes) is 3. The molecule has 0 N–H and O–H groups in total.